The van der Waals surface area contributed by atoms with Crippen LogP contribution in [0.2, 0.25) is 0 Å². The molecule has 1 N–H and O–H groups in total. The molecular weight excluding hydrogens is 378 g/mol. The van der Waals surface area contributed by atoms with Crippen LogP contribution < -0.4 is 5.32 Å². The molecule has 1 saturated carbocycles. The lowest BCUT2D eigenvalue weighted by molar-refractivity contribution is -0.132. The first kappa shape index (κ1) is 20.6. The van der Waals surface area contributed by atoms with Gasteiger partial charge in [-0.2, -0.15) is 0 Å². The lowest BCUT2D eigenvalue weighted by atomic mass is 9.86. The van der Waals surface area contributed by atoms with Gasteiger partial charge < -0.3 is 14.8 Å². The van der Waals surface area contributed by atoms with Crippen molar-refractivity contribution in [3.8, 4) is 0 Å². The molecule has 160 valence electrons. The third-order valence-electron chi connectivity index (χ3n) is 6.68. The number of nitrogens with one attached hydrogen (secondary N) is 1. The number of hydrogen-bond acceptors (Lipinski definition) is 3. The van der Waals surface area contributed by atoms with E-state index in [0.717, 1.165) is 56.1 Å². The second kappa shape index (κ2) is 9.02. The van der Waals surface area contributed by atoms with Crippen molar-refractivity contribution in [2.24, 2.45) is 5.92 Å². The maximum Gasteiger partial charge on any atom is 0.292 e. The molecule has 6 nitrogen and oxygen atoms in total. The van der Waals surface area contributed by atoms with Crippen molar-refractivity contribution in [2.45, 2.75) is 64.5 Å². The summed E-state index contributed by atoms with van der Waals surface area (Å²) in [6.45, 7) is 3.92. The average molecular weight is 410 g/mol. The quantitative estimate of drug-likeness (QED) is 0.607. The predicted molar refractivity (Wildman–Crippen MR) is 116 cm³/mol. The molecule has 2 fully saturated rings. The van der Waals surface area contributed by atoms with Gasteiger partial charge >= 0.3 is 0 Å². The Morgan fingerprint density at radius 3 is 2.50 bits per heavy atom. The number of ketones is 1. The molecular formula is C24H31N3O3. The summed E-state index contributed by atoms with van der Waals surface area (Å²) in [5.74, 6) is -0.610. The molecule has 1 saturated heterocycles. The molecule has 2 atom stereocenters. The smallest absolute Gasteiger partial charge is 0.292 e. The minimum absolute atomic E-state index is 0.0595. The summed E-state index contributed by atoms with van der Waals surface area (Å²) in [5, 5.41) is 3.68. The van der Waals surface area contributed by atoms with Crippen molar-refractivity contribution in [3.63, 3.8) is 0 Å². The summed E-state index contributed by atoms with van der Waals surface area (Å²) in [5.41, 5.74) is 1.18. The molecule has 1 aliphatic carbocycles. The summed E-state index contributed by atoms with van der Waals surface area (Å²) in [6.07, 6.45) is 9.20. The van der Waals surface area contributed by atoms with Gasteiger partial charge in [0.15, 0.2) is 0 Å². The topological polar surface area (TPSA) is 71.4 Å². The number of carbonyl (C=O) groups is 3. The lowest BCUT2D eigenvalue weighted by Crippen LogP contribution is -2.44. The molecule has 2 heterocycles. The van der Waals surface area contributed by atoms with E-state index in [1.807, 2.05) is 33.7 Å². The minimum atomic E-state index is -0.543. The van der Waals surface area contributed by atoms with Crippen molar-refractivity contribution in [2.75, 3.05) is 13.1 Å². The van der Waals surface area contributed by atoms with Crippen LogP contribution in [0.4, 0.5) is 0 Å². The fraction of sp³-hybridized carbons (Fsp3) is 0.542. The summed E-state index contributed by atoms with van der Waals surface area (Å²) in [4.78, 5) is 40.4. The summed E-state index contributed by atoms with van der Waals surface area (Å²) in [6, 6.07) is 7.56. The second-order valence-electron chi connectivity index (χ2n) is 8.80. The Morgan fingerprint density at radius 1 is 1.00 bits per heavy atom. The zero-order valence-electron chi connectivity index (χ0n) is 17.7. The van der Waals surface area contributed by atoms with Gasteiger partial charge in [-0.25, -0.2) is 0 Å². The Balaban J connectivity index is 1.54. The standard InChI is InChI=1S/C24H31N3O3/c1-17-9-3-5-11-20(17)25-24(30)23(29)19-15-27(21-12-6-4-10-18(19)21)16-22(28)26-13-7-2-8-14-26/h4,6,10,12,15,17,20H,2-3,5,7-9,11,13-14,16H2,1H3,(H,25,30)/t17-,20+/m0/s1. The van der Waals surface area contributed by atoms with E-state index in [-0.39, 0.29) is 18.5 Å². The van der Waals surface area contributed by atoms with Gasteiger partial charge in [0, 0.05) is 36.2 Å². The van der Waals surface area contributed by atoms with Gasteiger partial charge in [-0.3, -0.25) is 14.4 Å². The van der Waals surface area contributed by atoms with Crippen molar-refractivity contribution in [3.05, 3.63) is 36.0 Å². The van der Waals surface area contributed by atoms with E-state index in [1.54, 1.807) is 6.20 Å². The Labute approximate surface area is 177 Å². The van der Waals surface area contributed by atoms with E-state index in [9.17, 15) is 14.4 Å². The number of piperidine rings is 1. The number of amides is 2. The third kappa shape index (κ3) is 4.27. The number of rotatable bonds is 5. The Kier molecular flexibility index (Phi) is 6.21. The van der Waals surface area contributed by atoms with E-state index >= 15 is 0 Å². The summed E-state index contributed by atoms with van der Waals surface area (Å²) < 4.78 is 1.82. The molecule has 0 spiro atoms. The molecule has 2 aromatic rings. The third-order valence-corrected chi connectivity index (χ3v) is 6.68. The molecule has 2 aliphatic rings. The van der Waals surface area contributed by atoms with Crippen LogP contribution in [0.25, 0.3) is 10.9 Å². The summed E-state index contributed by atoms with van der Waals surface area (Å²) >= 11 is 0. The number of benzene rings is 1. The molecule has 1 aromatic heterocycles. The maximum absolute atomic E-state index is 13.0. The number of aromatic nitrogens is 1. The van der Waals surface area contributed by atoms with Crippen molar-refractivity contribution >= 4 is 28.5 Å². The van der Waals surface area contributed by atoms with Crippen LogP contribution in [0.5, 0.6) is 0 Å². The minimum Gasteiger partial charge on any atom is -0.346 e. The molecule has 4 rings (SSSR count). The van der Waals surface area contributed by atoms with Crippen LogP contribution in [0, 0.1) is 5.92 Å². The van der Waals surface area contributed by atoms with Crippen LogP contribution >= 0.6 is 0 Å². The zero-order valence-corrected chi connectivity index (χ0v) is 17.7. The first-order valence-electron chi connectivity index (χ1n) is 11.3. The van der Waals surface area contributed by atoms with Crippen molar-refractivity contribution in [1.29, 1.82) is 0 Å². The Morgan fingerprint density at radius 2 is 1.73 bits per heavy atom. The van der Waals surface area contributed by atoms with E-state index in [1.165, 1.54) is 12.8 Å². The van der Waals surface area contributed by atoms with E-state index in [4.69, 9.17) is 0 Å². The molecule has 30 heavy (non-hydrogen) atoms. The number of para-hydroxylation sites is 1. The Hall–Kier alpha value is -2.63. The van der Waals surface area contributed by atoms with Gasteiger partial charge in [-0.05, 0) is 44.1 Å². The van der Waals surface area contributed by atoms with Crippen LogP contribution in [-0.2, 0) is 16.1 Å². The second-order valence-corrected chi connectivity index (χ2v) is 8.80. The van der Waals surface area contributed by atoms with E-state index < -0.39 is 11.7 Å². The van der Waals surface area contributed by atoms with Gasteiger partial charge in [-0.15, -0.1) is 0 Å². The monoisotopic (exact) mass is 409 g/mol. The highest BCUT2D eigenvalue weighted by molar-refractivity contribution is 6.45. The number of fused-ring (bicyclic) bond motifs is 1. The van der Waals surface area contributed by atoms with Crippen molar-refractivity contribution < 1.29 is 14.4 Å². The first-order valence-corrected chi connectivity index (χ1v) is 11.3. The van der Waals surface area contributed by atoms with Gasteiger partial charge in [0.05, 0.1) is 5.56 Å². The summed E-state index contributed by atoms with van der Waals surface area (Å²) in [7, 11) is 0. The lowest BCUT2D eigenvalue weighted by Gasteiger charge is -2.29. The SMILES string of the molecule is C[C@H]1CCCC[C@H]1NC(=O)C(=O)c1cn(CC(=O)N2CCCCC2)c2ccccc12. The molecule has 1 aromatic carbocycles. The molecule has 6 heteroatoms. The maximum atomic E-state index is 13.0. The fourth-order valence-corrected chi connectivity index (χ4v) is 4.83. The van der Waals surface area contributed by atoms with Crippen LogP contribution in [0.1, 0.15) is 62.2 Å². The first-order chi connectivity index (χ1) is 14.5. The zero-order chi connectivity index (χ0) is 21.1. The largest absolute Gasteiger partial charge is 0.346 e. The van der Waals surface area contributed by atoms with Crippen molar-refractivity contribution in [1.82, 2.24) is 14.8 Å². The average Bonchev–Trinajstić information content (AvgIpc) is 3.14. The Bertz CT molecular complexity index is 942. The normalized spacial score (nSPS) is 22.1. The molecule has 1 aliphatic heterocycles. The van der Waals surface area contributed by atoms with E-state index in [2.05, 4.69) is 12.2 Å². The molecule has 0 radical (unpaired) electrons. The molecule has 2 amide bonds. The number of hydrogen-bond donors (Lipinski definition) is 1. The van der Waals surface area contributed by atoms with Crippen LogP contribution in [-0.4, -0.2) is 46.2 Å². The number of Topliss-reactive ketones (excluding diaryl/α,β-unsaturated/α-hetero) is 1. The highest BCUT2D eigenvalue weighted by atomic mass is 16.2. The number of likely N-dealkylation sites (tertiary alicyclic amines) is 1. The fourth-order valence-electron chi connectivity index (χ4n) is 4.83. The number of nitrogens with zero attached hydrogens (tertiary/aromatic N) is 2. The van der Waals surface area contributed by atoms with E-state index in [0.29, 0.717) is 11.5 Å². The molecule has 0 bridgehead atoms. The van der Waals surface area contributed by atoms with Crippen LogP contribution in [0.15, 0.2) is 30.5 Å². The van der Waals surface area contributed by atoms with Gasteiger partial charge in [-0.1, -0.05) is 38.0 Å². The highest BCUT2D eigenvalue weighted by Crippen LogP contribution is 2.25. The number of carbonyl (C=O) groups excluding carboxylic acids is 3. The van der Waals surface area contributed by atoms with Crippen LogP contribution in [0.3, 0.4) is 0 Å². The van der Waals surface area contributed by atoms with Gasteiger partial charge in [0.1, 0.15) is 6.54 Å². The van der Waals surface area contributed by atoms with Gasteiger partial charge in [0.25, 0.3) is 11.7 Å². The van der Waals surface area contributed by atoms with Gasteiger partial charge in [0.2, 0.25) is 5.91 Å². The molecule has 0 unspecified atom stereocenters. The predicted octanol–water partition coefficient (Wildman–Crippen LogP) is 3.53. The highest BCUT2D eigenvalue weighted by Gasteiger charge is 2.28.